The van der Waals surface area contributed by atoms with Crippen LogP contribution in [0.15, 0.2) is 36.4 Å². The molecule has 1 aromatic rings. The number of anilines is 1. The number of fused-ring (bicyclic) bond motifs is 5. The Balaban J connectivity index is 0.00000182. The second-order valence-electron chi connectivity index (χ2n) is 7.16. The van der Waals surface area contributed by atoms with Crippen LogP contribution in [-0.4, -0.2) is 44.0 Å². The number of benzene rings is 1. The SMILES string of the molecule is CN(C)CCOc1ccc(N2C(=O)C3C4C=CC(C4)C3C2=O)cc1.Cl. The molecule has 4 rings (SSSR count). The molecule has 6 heteroatoms. The third kappa shape index (κ3) is 2.96. The fourth-order valence-electron chi connectivity index (χ4n) is 4.19. The van der Waals surface area contributed by atoms with Gasteiger partial charge in [-0.05, 0) is 56.6 Å². The summed E-state index contributed by atoms with van der Waals surface area (Å²) in [4.78, 5) is 28.9. The fraction of sp³-hybridized carbons (Fsp3) is 0.474. The molecule has 1 heterocycles. The molecule has 0 N–H and O–H groups in total. The molecule has 1 aromatic carbocycles. The zero-order chi connectivity index (χ0) is 16.8. The lowest BCUT2D eigenvalue weighted by molar-refractivity contribution is -0.123. The van der Waals surface area contributed by atoms with Crippen molar-refractivity contribution in [3.05, 3.63) is 36.4 Å². The first-order valence-corrected chi connectivity index (χ1v) is 8.50. The van der Waals surface area contributed by atoms with E-state index < -0.39 is 0 Å². The van der Waals surface area contributed by atoms with Gasteiger partial charge < -0.3 is 9.64 Å². The van der Waals surface area contributed by atoms with Crippen molar-refractivity contribution in [2.24, 2.45) is 23.7 Å². The third-order valence-corrected chi connectivity index (χ3v) is 5.37. The maximum absolute atomic E-state index is 12.8. The van der Waals surface area contributed by atoms with Crippen LogP contribution in [0.4, 0.5) is 5.69 Å². The quantitative estimate of drug-likeness (QED) is 0.596. The number of hydrogen-bond donors (Lipinski definition) is 0. The Hall–Kier alpha value is -1.85. The lowest BCUT2D eigenvalue weighted by atomic mass is 9.85. The summed E-state index contributed by atoms with van der Waals surface area (Å²) in [7, 11) is 3.99. The molecule has 5 nitrogen and oxygen atoms in total. The standard InChI is InChI=1S/C19H22N2O3.ClH/c1-20(2)9-10-24-15-7-5-14(6-8-15)21-18(22)16-12-3-4-13(11-12)17(16)19(21)23;/h3-8,12-13,16-17H,9-11H2,1-2H3;1H. The van der Waals surface area contributed by atoms with Crippen LogP contribution in [-0.2, 0) is 9.59 Å². The van der Waals surface area contributed by atoms with Crippen LogP contribution in [0.2, 0.25) is 0 Å². The summed E-state index contributed by atoms with van der Waals surface area (Å²) >= 11 is 0. The van der Waals surface area contributed by atoms with Gasteiger partial charge in [0, 0.05) is 6.54 Å². The van der Waals surface area contributed by atoms with E-state index in [4.69, 9.17) is 4.74 Å². The van der Waals surface area contributed by atoms with Gasteiger partial charge in [0.1, 0.15) is 12.4 Å². The van der Waals surface area contributed by atoms with E-state index in [1.54, 1.807) is 12.1 Å². The third-order valence-electron chi connectivity index (χ3n) is 5.37. The molecule has 1 aliphatic heterocycles. The molecule has 0 radical (unpaired) electrons. The predicted octanol–water partition coefficient (Wildman–Crippen LogP) is 2.36. The highest BCUT2D eigenvalue weighted by atomic mass is 35.5. The average Bonchev–Trinajstić information content (AvgIpc) is 3.22. The summed E-state index contributed by atoms with van der Waals surface area (Å²) in [5, 5.41) is 0. The largest absolute Gasteiger partial charge is 0.492 e. The molecule has 2 bridgehead atoms. The molecule has 2 aliphatic carbocycles. The number of carbonyl (C=O) groups excluding carboxylic acids is 2. The van der Waals surface area contributed by atoms with E-state index in [-0.39, 0.29) is 47.9 Å². The first-order valence-electron chi connectivity index (χ1n) is 8.50. The summed E-state index contributed by atoms with van der Waals surface area (Å²) in [6.07, 6.45) is 5.18. The van der Waals surface area contributed by atoms with Crippen LogP contribution in [0.25, 0.3) is 0 Å². The molecule has 4 atom stereocenters. The molecule has 4 unspecified atom stereocenters. The minimum absolute atomic E-state index is 0. The zero-order valence-corrected chi connectivity index (χ0v) is 15.2. The number of amides is 2. The van der Waals surface area contributed by atoms with Crippen molar-refractivity contribution < 1.29 is 14.3 Å². The van der Waals surface area contributed by atoms with E-state index in [1.807, 2.05) is 26.2 Å². The fourth-order valence-corrected chi connectivity index (χ4v) is 4.19. The Morgan fingerprint density at radius 1 is 1.04 bits per heavy atom. The van der Waals surface area contributed by atoms with Crippen LogP contribution < -0.4 is 9.64 Å². The maximum Gasteiger partial charge on any atom is 0.238 e. The highest BCUT2D eigenvalue weighted by Gasteiger charge is 2.59. The molecule has 3 aliphatic rings. The van der Waals surface area contributed by atoms with Crippen molar-refractivity contribution in [1.82, 2.24) is 4.90 Å². The van der Waals surface area contributed by atoms with Crippen LogP contribution in [0, 0.1) is 23.7 Å². The van der Waals surface area contributed by atoms with Gasteiger partial charge in [0.15, 0.2) is 0 Å². The second-order valence-corrected chi connectivity index (χ2v) is 7.16. The first-order chi connectivity index (χ1) is 11.6. The number of carbonyl (C=O) groups is 2. The average molecular weight is 363 g/mol. The van der Waals surface area contributed by atoms with Crippen molar-refractivity contribution >= 4 is 29.9 Å². The van der Waals surface area contributed by atoms with Crippen LogP contribution in [0.5, 0.6) is 5.75 Å². The predicted molar refractivity (Wildman–Crippen MR) is 97.9 cm³/mol. The minimum Gasteiger partial charge on any atom is -0.492 e. The van der Waals surface area contributed by atoms with Crippen LogP contribution >= 0.6 is 12.4 Å². The number of nitrogens with zero attached hydrogens (tertiary/aromatic N) is 2. The van der Waals surface area contributed by atoms with E-state index in [0.29, 0.717) is 12.3 Å². The molecule has 0 aromatic heterocycles. The van der Waals surface area contributed by atoms with E-state index in [0.717, 1.165) is 18.7 Å². The Morgan fingerprint density at radius 3 is 2.12 bits per heavy atom. The van der Waals surface area contributed by atoms with Crippen molar-refractivity contribution in [3.8, 4) is 5.75 Å². The number of likely N-dealkylation sites (N-methyl/N-ethyl adjacent to an activating group) is 1. The number of halogens is 1. The van der Waals surface area contributed by atoms with E-state index in [9.17, 15) is 9.59 Å². The van der Waals surface area contributed by atoms with Crippen molar-refractivity contribution in [2.45, 2.75) is 6.42 Å². The summed E-state index contributed by atoms with van der Waals surface area (Å²) in [5.74, 6) is 0.866. The number of allylic oxidation sites excluding steroid dienone is 2. The molecule has 25 heavy (non-hydrogen) atoms. The van der Waals surface area contributed by atoms with Gasteiger partial charge in [-0.25, -0.2) is 0 Å². The van der Waals surface area contributed by atoms with E-state index in [2.05, 4.69) is 17.1 Å². The number of imide groups is 1. The molecule has 1 saturated heterocycles. The summed E-state index contributed by atoms with van der Waals surface area (Å²) in [5.41, 5.74) is 0.652. The number of rotatable bonds is 5. The highest BCUT2D eigenvalue weighted by Crippen LogP contribution is 2.53. The van der Waals surface area contributed by atoms with Gasteiger partial charge in [0.25, 0.3) is 0 Å². The van der Waals surface area contributed by atoms with Gasteiger partial charge in [-0.15, -0.1) is 12.4 Å². The molecule has 2 fully saturated rings. The number of hydrogen-bond acceptors (Lipinski definition) is 4. The summed E-state index contributed by atoms with van der Waals surface area (Å²) in [6, 6.07) is 7.26. The van der Waals surface area contributed by atoms with Gasteiger partial charge in [-0.1, -0.05) is 12.2 Å². The zero-order valence-electron chi connectivity index (χ0n) is 14.4. The Morgan fingerprint density at radius 2 is 1.60 bits per heavy atom. The Labute approximate surface area is 154 Å². The van der Waals surface area contributed by atoms with Crippen molar-refractivity contribution in [1.29, 1.82) is 0 Å². The minimum atomic E-state index is -0.150. The topological polar surface area (TPSA) is 49.9 Å². The first kappa shape index (κ1) is 18.0. The van der Waals surface area contributed by atoms with Gasteiger partial charge in [-0.2, -0.15) is 0 Å². The van der Waals surface area contributed by atoms with Gasteiger partial charge in [0.2, 0.25) is 11.8 Å². The molecule has 134 valence electrons. The van der Waals surface area contributed by atoms with Crippen molar-refractivity contribution in [2.75, 3.05) is 32.1 Å². The molecular formula is C19H23ClN2O3. The van der Waals surface area contributed by atoms with Crippen molar-refractivity contribution in [3.63, 3.8) is 0 Å². The lowest BCUT2D eigenvalue weighted by Gasteiger charge is -2.18. The van der Waals surface area contributed by atoms with Gasteiger partial charge >= 0.3 is 0 Å². The second kappa shape index (κ2) is 6.81. The smallest absolute Gasteiger partial charge is 0.238 e. The Kier molecular flexibility index (Phi) is 4.89. The molecule has 2 amide bonds. The Bertz CT molecular complexity index is 671. The van der Waals surface area contributed by atoms with Gasteiger partial charge in [0.05, 0.1) is 17.5 Å². The summed E-state index contributed by atoms with van der Waals surface area (Å²) in [6.45, 7) is 1.44. The van der Waals surface area contributed by atoms with E-state index in [1.165, 1.54) is 4.90 Å². The van der Waals surface area contributed by atoms with Crippen LogP contribution in [0.3, 0.4) is 0 Å². The monoisotopic (exact) mass is 362 g/mol. The molecule has 0 spiro atoms. The normalized spacial score (nSPS) is 29.3. The van der Waals surface area contributed by atoms with E-state index >= 15 is 0 Å². The highest BCUT2D eigenvalue weighted by molar-refractivity contribution is 6.22. The maximum atomic E-state index is 12.8. The van der Waals surface area contributed by atoms with Gasteiger partial charge in [-0.3, -0.25) is 14.5 Å². The number of ether oxygens (including phenoxy) is 1. The molecular weight excluding hydrogens is 340 g/mol. The van der Waals surface area contributed by atoms with Crippen LogP contribution in [0.1, 0.15) is 6.42 Å². The molecule has 1 saturated carbocycles. The lowest BCUT2D eigenvalue weighted by Crippen LogP contribution is -2.32. The summed E-state index contributed by atoms with van der Waals surface area (Å²) < 4.78 is 5.67.